The van der Waals surface area contributed by atoms with Crippen molar-refractivity contribution in [2.75, 3.05) is 25.4 Å². The molecule has 0 saturated carbocycles. The predicted octanol–water partition coefficient (Wildman–Crippen LogP) is 2.35. The lowest BCUT2D eigenvalue weighted by Crippen LogP contribution is -2.37. The van der Waals surface area contributed by atoms with Gasteiger partial charge in [-0.05, 0) is 42.8 Å². The molecule has 158 valence electrons. The van der Waals surface area contributed by atoms with E-state index in [0.717, 1.165) is 21.4 Å². The van der Waals surface area contributed by atoms with Crippen molar-refractivity contribution in [3.8, 4) is 5.69 Å². The minimum absolute atomic E-state index is 0.239. The van der Waals surface area contributed by atoms with Crippen molar-refractivity contribution >= 4 is 21.8 Å². The number of hydrogen-bond donors (Lipinski definition) is 1. The Labute approximate surface area is 177 Å². The van der Waals surface area contributed by atoms with Gasteiger partial charge < -0.3 is 9.88 Å². The maximum absolute atomic E-state index is 12.6. The third kappa shape index (κ3) is 4.37. The van der Waals surface area contributed by atoms with E-state index in [-0.39, 0.29) is 5.91 Å². The monoisotopic (exact) mass is 427 g/mol. The van der Waals surface area contributed by atoms with Gasteiger partial charge in [0, 0.05) is 45.6 Å². The number of imidazole rings is 1. The van der Waals surface area contributed by atoms with Crippen LogP contribution in [0.25, 0.3) is 5.69 Å². The maximum Gasteiger partial charge on any atom is 0.303 e. The standard InChI is InChI=1S/C21H25N5O3S/c1-16-22-13-14-26(16)20-8-6-5-7-18(20)15-23-21(27)17-9-11-19(12-10-17)25(4)30(28,29)24(2)3/h5-14H,15H2,1-4H3,(H,23,27). The maximum atomic E-state index is 12.6. The van der Waals surface area contributed by atoms with Gasteiger partial charge in [0.15, 0.2) is 0 Å². The van der Waals surface area contributed by atoms with Gasteiger partial charge in [-0.3, -0.25) is 9.10 Å². The van der Waals surface area contributed by atoms with Crippen LogP contribution < -0.4 is 9.62 Å². The zero-order valence-corrected chi connectivity index (χ0v) is 18.2. The molecule has 0 fully saturated rings. The molecule has 0 bridgehead atoms. The minimum Gasteiger partial charge on any atom is -0.348 e. The number of benzene rings is 2. The summed E-state index contributed by atoms with van der Waals surface area (Å²) in [7, 11) is 0.829. The molecule has 0 unspecified atom stereocenters. The smallest absolute Gasteiger partial charge is 0.303 e. The first kappa shape index (κ1) is 21.5. The summed E-state index contributed by atoms with van der Waals surface area (Å²) >= 11 is 0. The van der Waals surface area contributed by atoms with Gasteiger partial charge in [0.25, 0.3) is 5.91 Å². The molecule has 0 spiro atoms. The SMILES string of the molecule is Cc1nccn1-c1ccccc1CNC(=O)c1ccc(N(C)S(=O)(=O)N(C)C)cc1. The fourth-order valence-electron chi connectivity index (χ4n) is 3.01. The van der Waals surface area contributed by atoms with Crippen LogP contribution in [0.3, 0.4) is 0 Å². The van der Waals surface area contributed by atoms with Gasteiger partial charge in [0.05, 0.1) is 11.4 Å². The first-order valence-electron chi connectivity index (χ1n) is 9.34. The highest BCUT2D eigenvalue weighted by atomic mass is 32.2. The van der Waals surface area contributed by atoms with Crippen molar-refractivity contribution in [3.63, 3.8) is 0 Å². The molecule has 3 aromatic rings. The van der Waals surface area contributed by atoms with Crippen LogP contribution in [-0.2, 0) is 16.8 Å². The third-order valence-corrected chi connectivity index (χ3v) is 6.64. The van der Waals surface area contributed by atoms with Gasteiger partial charge >= 0.3 is 10.2 Å². The molecular weight excluding hydrogens is 402 g/mol. The predicted molar refractivity (Wildman–Crippen MR) is 117 cm³/mol. The highest BCUT2D eigenvalue weighted by Gasteiger charge is 2.21. The lowest BCUT2D eigenvalue weighted by Gasteiger charge is -2.23. The number of rotatable bonds is 7. The molecule has 1 N–H and O–H groups in total. The van der Waals surface area contributed by atoms with Crippen molar-refractivity contribution in [2.24, 2.45) is 0 Å². The molecule has 0 radical (unpaired) electrons. The van der Waals surface area contributed by atoms with Crippen LogP contribution in [0.1, 0.15) is 21.7 Å². The van der Waals surface area contributed by atoms with E-state index in [1.54, 1.807) is 30.5 Å². The molecule has 2 aromatic carbocycles. The second-order valence-corrected chi connectivity index (χ2v) is 9.13. The second-order valence-electron chi connectivity index (χ2n) is 6.96. The number of nitrogens with zero attached hydrogens (tertiary/aromatic N) is 4. The summed E-state index contributed by atoms with van der Waals surface area (Å²) in [4.78, 5) is 16.9. The number of carbonyl (C=O) groups is 1. The lowest BCUT2D eigenvalue weighted by atomic mass is 10.1. The molecule has 3 rings (SSSR count). The molecule has 0 aliphatic heterocycles. The zero-order chi connectivity index (χ0) is 21.9. The number of anilines is 1. The molecule has 1 aromatic heterocycles. The van der Waals surface area contributed by atoms with Crippen molar-refractivity contribution in [3.05, 3.63) is 77.9 Å². The summed E-state index contributed by atoms with van der Waals surface area (Å²) in [5, 5.41) is 2.92. The summed E-state index contributed by atoms with van der Waals surface area (Å²) in [5.41, 5.74) is 2.84. The fraction of sp³-hybridized carbons (Fsp3) is 0.238. The number of aryl methyl sites for hydroxylation is 1. The van der Waals surface area contributed by atoms with E-state index in [0.29, 0.717) is 17.8 Å². The normalized spacial score (nSPS) is 11.5. The van der Waals surface area contributed by atoms with Crippen LogP contribution in [-0.4, -0.2) is 49.3 Å². The topological polar surface area (TPSA) is 87.5 Å². The van der Waals surface area contributed by atoms with Crippen LogP contribution in [0.2, 0.25) is 0 Å². The van der Waals surface area contributed by atoms with Crippen molar-refractivity contribution in [1.29, 1.82) is 0 Å². The number of amides is 1. The molecule has 1 amide bonds. The highest BCUT2D eigenvalue weighted by molar-refractivity contribution is 7.90. The highest BCUT2D eigenvalue weighted by Crippen LogP contribution is 2.19. The molecular formula is C21H25N5O3S. The van der Waals surface area contributed by atoms with Crippen LogP contribution in [0.4, 0.5) is 5.69 Å². The Morgan fingerprint density at radius 3 is 2.33 bits per heavy atom. The third-order valence-electron chi connectivity index (χ3n) is 4.82. The Bertz CT molecular complexity index is 1140. The first-order valence-corrected chi connectivity index (χ1v) is 10.7. The van der Waals surface area contributed by atoms with Gasteiger partial charge in [-0.2, -0.15) is 12.7 Å². The molecule has 0 atom stereocenters. The van der Waals surface area contributed by atoms with Crippen LogP contribution in [0.5, 0.6) is 0 Å². The van der Waals surface area contributed by atoms with E-state index >= 15 is 0 Å². The van der Waals surface area contributed by atoms with E-state index in [1.807, 2.05) is 42.0 Å². The van der Waals surface area contributed by atoms with E-state index in [1.165, 1.54) is 25.4 Å². The molecule has 0 saturated heterocycles. The molecule has 30 heavy (non-hydrogen) atoms. The Morgan fingerprint density at radius 2 is 1.73 bits per heavy atom. The summed E-state index contributed by atoms with van der Waals surface area (Å²) in [6.45, 7) is 2.27. The second kappa shape index (κ2) is 8.68. The van der Waals surface area contributed by atoms with Gasteiger partial charge in [0.2, 0.25) is 0 Å². The van der Waals surface area contributed by atoms with Crippen LogP contribution in [0.15, 0.2) is 60.9 Å². The summed E-state index contributed by atoms with van der Waals surface area (Å²) in [5.74, 6) is 0.623. The van der Waals surface area contributed by atoms with Crippen molar-refractivity contribution in [1.82, 2.24) is 19.2 Å². The molecule has 0 aliphatic carbocycles. The number of aromatic nitrogens is 2. The Hall–Kier alpha value is -3.17. The lowest BCUT2D eigenvalue weighted by molar-refractivity contribution is 0.0951. The molecule has 8 nitrogen and oxygen atoms in total. The minimum atomic E-state index is -3.58. The number of para-hydroxylation sites is 1. The first-order chi connectivity index (χ1) is 14.2. The van der Waals surface area contributed by atoms with Crippen LogP contribution in [0, 0.1) is 6.92 Å². The molecule has 9 heteroatoms. The summed E-state index contributed by atoms with van der Waals surface area (Å²) in [6.07, 6.45) is 3.62. The Morgan fingerprint density at radius 1 is 1.07 bits per heavy atom. The van der Waals surface area contributed by atoms with E-state index in [9.17, 15) is 13.2 Å². The van der Waals surface area contributed by atoms with E-state index in [4.69, 9.17) is 0 Å². The largest absolute Gasteiger partial charge is 0.348 e. The summed E-state index contributed by atoms with van der Waals surface area (Å²) in [6, 6.07) is 14.2. The Kier molecular flexibility index (Phi) is 6.23. The van der Waals surface area contributed by atoms with E-state index in [2.05, 4.69) is 10.3 Å². The van der Waals surface area contributed by atoms with E-state index < -0.39 is 10.2 Å². The molecule has 0 aliphatic rings. The zero-order valence-electron chi connectivity index (χ0n) is 17.4. The van der Waals surface area contributed by atoms with Gasteiger partial charge in [0.1, 0.15) is 5.82 Å². The fourth-order valence-corrected chi connectivity index (χ4v) is 3.88. The molecule has 1 heterocycles. The van der Waals surface area contributed by atoms with Crippen LogP contribution >= 0.6 is 0 Å². The number of nitrogens with one attached hydrogen (secondary N) is 1. The average molecular weight is 428 g/mol. The van der Waals surface area contributed by atoms with Gasteiger partial charge in [-0.1, -0.05) is 18.2 Å². The van der Waals surface area contributed by atoms with Gasteiger partial charge in [-0.15, -0.1) is 0 Å². The number of carbonyl (C=O) groups excluding carboxylic acids is 1. The van der Waals surface area contributed by atoms with Crippen molar-refractivity contribution < 1.29 is 13.2 Å². The average Bonchev–Trinajstić information content (AvgIpc) is 3.17. The summed E-state index contributed by atoms with van der Waals surface area (Å²) < 4.78 is 28.7. The quantitative estimate of drug-likeness (QED) is 0.627. The van der Waals surface area contributed by atoms with Crippen molar-refractivity contribution in [2.45, 2.75) is 13.5 Å². The number of hydrogen-bond acceptors (Lipinski definition) is 4. The Balaban J connectivity index is 1.72. The van der Waals surface area contributed by atoms with Gasteiger partial charge in [-0.25, -0.2) is 4.98 Å².